The Kier molecular flexibility index (Phi) is 5.15. The van der Waals surface area contributed by atoms with E-state index in [9.17, 15) is 20.3 Å². The number of aromatic hydroxyl groups is 1. The largest absolute Gasteiger partial charge is 0.504 e. The topological polar surface area (TPSA) is 97.0 Å². The smallest absolute Gasteiger partial charge is 0.298 e. The third-order valence-corrected chi connectivity index (χ3v) is 9.59. The van der Waals surface area contributed by atoms with Crippen molar-refractivity contribution in [2.45, 2.75) is 74.8 Å². The summed E-state index contributed by atoms with van der Waals surface area (Å²) in [6.07, 6.45) is 1.34. The summed E-state index contributed by atoms with van der Waals surface area (Å²) in [5.74, 6) is 5.87. The molecule has 2 aromatic carbocycles. The Morgan fingerprint density at radius 3 is 2.76 bits per heavy atom. The van der Waals surface area contributed by atoms with Crippen molar-refractivity contribution in [1.29, 1.82) is 5.26 Å². The van der Waals surface area contributed by atoms with E-state index in [0.717, 1.165) is 22.3 Å². The second-order valence-corrected chi connectivity index (χ2v) is 11.2. The van der Waals surface area contributed by atoms with Gasteiger partial charge in [0.1, 0.15) is 6.10 Å². The highest BCUT2D eigenvalue weighted by molar-refractivity contribution is 5.94. The number of aryl methyl sites for hydroxylation is 2. The molecule has 1 saturated carbocycles. The first-order valence-corrected chi connectivity index (χ1v) is 12.8. The van der Waals surface area contributed by atoms with Crippen LogP contribution in [-0.4, -0.2) is 69.8 Å². The second kappa shape index (κ2) is 7.99. The van der Waals surface area contributed by atoms with Gasteiger partial charge in [-0.2, -0.15) is 5.26 Å². The Morgan fingerprint density at radius 1 is 1.24 bits per heavy atom. The number of phenolic OH excluding ortho intramolecular Hbond substituents is 1. The summed E-state index contributed by atoms with van der Waals surface area (Å²) in [7, 11) is 3.64. The Balaban J connectivity index is 1.41. The number of piperidine rings is 1. The maximum atomic E-state index is 13.3. The molecule has 0 radical (unpaired) electrons. The predicted octanol–water partition coefficient (Wildman–Crippen LogP) is 2.56. The highest BCUT2D eigenvalue weighted by atomic mass is 16.5. The second-order valence-electron chi connectivity index (χ2n) is 11.2. The summed E-state index contributed by atoms with van der Waals surface area (Å²) in [5, 5.41) is 33.2. The first-order valence-electron chi connectivity index (χ1n) is 12.8. The summed E-state index contributed by atoms with van der Waals surface area (Å²) in [5.41, 5.74) is 2.87. The van der Waals surface area contributed by atoms with Crippen LogP contribution in [-0.2, 0) is 16.6 Å². The van der Waals surface area contributed by atoms with Crippen LogP contribution in [0.25, 0.3) is 0 Å². The molecule has 6 rings (SSSR count). The van der Waals surface area contributed by atoms with E-state index in [0.29, 0.717) is 31.4 Å². The lowest BCUT2D eigenvalue weighted by Gasteiger charge is -2.65. The van der Waals surface area contributed by atoms with Gasteiger partial charge in [-0.15, -0.1) is 0 Å². The maximum absolute atomic E-state index is 13.3. The van der Waals surface area contributed by atoms with Gasteiger partial charge in [0.2, 0.25) is 0 Å². The van der Waals surface area contributed by atoms with E-state index < -0.39 is 23.2 Å². The van der Waals surface area contributed by atoms with Gasteiger partial charge in [0.05, 0.1) is 29.2 Å². The lowest BCUT2D eigenvalue weighted by Crippen LogP contribution is -2.79. The number of benzene rings is 2. The van der Waals surface area contributed by atoms with Gasteiger partial charge in [0, 0.05) is 30.1 Å². The van der Waals surface area contributed by atoms with Crippen LogP contribution in [0.3, 0.4) is 0 Å². The van der Waals surface area contributed by atoms with Crippen molar-refractivity contribution in [3.63, 3.8) is 0 Å². The highest BCUT2D eigenvalue weighted by Gasteiger charge is 2.74. The van der Waals surface area contributed by atoms with Crippen LogP contribution in [0.2, 0.25) is 0 Å². The average molecular weight is 498 g/mol. The van der Waals surface area contributed by atoms with E-state index in [1.807, 2.05) is 50.1 Å². The fraction of sp³-hybridized carbons (Fsp3) is 0.467. The number of amides is 1. The number of likely N-dealkylation sites (tertiary alicyclic amines) is 1. The van der Waals surface area contributed by atoms with E-state index >= 15 is 0 Å². The lowest BCUT2D eigenvalue weighted by molar-refractivity contribution is -0.202. The molecule has 2 heterocycles. The van der Waals surface area contributed by atoms with Gasteiger partial charge < -0.3 is 19.8 Å². The standard InChI is InChI=1S/C30H31N3O4/c1-17-5-6-19(13-18(17)2)7-10-25(35)33(4)22-11-12-30(36)24-14-20-8-9-23(34)27-26(20)29(30,28(22)37-27)15-21(16-31)32(24)3/h5-6,8-9,13,21-22,24,28,34,36H,11-12,14-15H2,1-4H3/t21?,22-,24+,28-,29-,30+/m0/s1. The molecule has 1 saturated heterocycles. The van der Waals surface area contributed by atoms with E-state index in [1.54, 1.807) is 18.0 Å². The molecule has 1 spiro atoms. The number of carbonyl (C=O) groups excluding carboxylic acids is 1. The number of aliphatic hydroxyl groups is 1. The van der Waals surface area contributed by atoms with Crippen LogP contribution in [0.4, 0.5) is 0 Å². The number of rotatable bonds is 1. The summed E-state index contributed by atoms with van der Waals surface area (Å²) in [6, 6.07) is 10.8. The average Bonchev–Trinajstić information content (AvgIpc) is 3.23. The number of phenols is 1. The van der Waals surface area contributed by atoms with Gasteiger partial charge in [0.15, 0.2) is 11.5 Å². The molecule has 0 aromatic heterocycles. The van der Waals surface area contributed by atoms with Crippen LogP contribution >= 0.6 is 0 Å². The van der Waals surface area contributed by atoms with Gasteiger partial charge >= 0.3 is 0 Å². The molecule has 2 aliphatic heterocycles. The molecule has 2 aliphatic carbocycles. The van der Waals surface area contributed by atoms with E-state index in [1.165, 1.54) is 5.56 Å². The van der Waals surface area contributed by atoms with Crippen molar-refractivity contribution in [2.75, 3.05) is 14.1 Å². The van der Waals surface area contributed by atoms with Crippen LogP contribution in [0.15, 0.2) is 30.3 Å². The zero-order valence-electron chi connectivity index (χ0n) is 21.6. The molecule has 2 bridgehead atoms. The van der Waals surface area contributed by atoms with Crippen molar-refractivity contribution in [2.24, 2.45) is 0 Å². The number of carbonyl (C=O) groups is 1. The zero-order chi connectivity index (χ0) is 26.3. The molecular weight excluding hydrogens is 466 g/mol. The van der Waals surface area contributed by atoms with Crippen molar-refractivity contribution in [3.05, 3.63) is 58.1 Å². The molecule has 2 fully saturated rings. The van der Waals surface area contributed by atoms with Gasteiger partial charge in [-0.05, 0) is 81.5 Å². The highest BCUT2D eigenvalue weighted by Crippen LogP contribution is 2.66. The van der Waals surface area contributed by atoms with Gasteiger partial charge in [-0.25, -0.2) is 0 Å². The SMILES string of the molecule is Cc1ccc(C#CC(=O)N(C)[C@H]2CC[C@@]3(O)[C@H]4Cc5ccc(O)c6c5[C@@]3(CC(C#N)N4C)[C@H]2O6)cc1C. The monoisotopic (exact) mass is 497 g/mol. The summed E-state index contributed by atoms with van der Waals surface area (Å²) in [4.78, 5) is 16.9. The van der Waals surface area contributed by atoms with Crippen LogP contribution in [0.5, 0.6) is 11.5 Å². The quantitative estimate of drug-likeness (QED) is 0.588. The zero-order valence-corrected chi connectivity index (χ0v) is 21.6. The van der Waals surface area contributed by atoms with Crippen LogP contribution in [0.1, 0.15) is 47.1 Å². The predicted molar refractivity (Wildman–Crippen MR) is 137 cm³/mol. The Bertz CT molecular complexity index is 1430. The first-order chi connectivity index (χ1) is 17.6. The Morgan fingerprint density at radius 2 is 2.03 bits per heavy atom. The van der Waals surface area contributed by atoms with Crippen molar-refractivity contribution in [3.8, 4) is 29.4 Å². The van der Waals surface area contributed by atoms with Gasteiger partial charge in [0.25, 0.3) is 5.91 Å². The van der Waals surface area contributed by atoms with Crippen LogP contribution < -0.4 is 4.74 Å². The minimum atomic E-state index is -1.14. The Labute approximate surface area is 217 Å². The van der Waals surface area contributed by atoms with Gasteiger partial charge in [-0.3, -0.25) is 9.69 Å². The molecule has 2 aromatic rings. The van der Waals surface area contributed by atoms with E-state index in [4.69, 9.17) is 4.74 Å². The molecular formula is C30H31N3O4. The molecule has 7 nitrogen and oxygen atoms in total. The third-order valence-electron chi connectivity index (χ3n) is 9.59. The third kappa shape index (κ3) is 3.05. The normalized spacial score (nSPS) is 32.9. The number of nitriles is 1. The number of hydrogen-bond acceptors (Lipinski definition) is 6. The van der Waals surface area contributed by atoms with E-state index in [-0.39, 0.29) is 23.7 Å². The minimum Gasteiger partial charge on any atom is -0.504 e. The maximum Gasteiger partial charge on any atom is 0.298 e. The summed E-state index contributed by atoms with van der Waals surface area (Å²) >= 11 is 0. The molecule has 37 heavy (non-hydrogen) atoms. The van der Waals surface area contributed by atoms with Crippen molar-refractivity contribution < 1.29 is 19.7 Å². The molecule has 2 N–H and O–H groups in total. The van der Waals surface area contributed by atoms with Crippen molar-refractivity contribution in [1.82, 2.24) is 9.80 Å². The van der Waals surface area contributed by atoms with Crippen molar-refractivity contribution >= 4 is 5.91 Å². The molecule has 4 aliphatic rings. The minimum absolute atomic E-state index is 0.0259. The fourth-order valence-electron chi connectivity index (χ4n) is 7.47. The first kappa shape index (κ1) is 23.9. The number of likely N-dealkylation sites (N-methyl/N-ethyl adjacent to an activating group) is 2. The summed E-state index contributed by atoms with van der Waals surface area (Å²) in [6.45, 7) is 4.05. The Hall–Kier alpha value is -3.52. The lowest BCUT2D eigenvalue weighted by atomic mass is 9.47. The fourth-order valence-corrected chi connectivity index (χ4v) is 7.47. The molecule has 7 heteroatoms. The van der Waals surface area contributed by atoms with Crippen LogP contribution in [0, 0.1) is 37.0 Å². The van der Waals surface area contributed by atoms with Gasteiger partial charge in [-0.1, -0.05) is 18.1 Å². The summed E-state index contributed by atoms with van der Waals surface area (Å²) < 4.78 is 6.50. The number of nitrogens with zero attached hydrogens (tertiary/aromatic N) is 3. The van der Waals surface area contributed by atoms with E-state index in [2.05, 4.69) is 17.9 Å². The molecule has 190 valence electrons. The molecule has 1 unspecified atom stereocenters. The number of ether oxygens (including phenoxy) is 1. The molecule has 1 amide bonds. The molecule has 6 atom stereocenters. The number of hydrogen-bond donors (Lipinski definition) is 2.